The van der Waals surface area contributed by atoms with E-state index in [9.17, 15) is 8.78 Å². The number of hydrogen-bond donors (Lipinski definition) is 1. The van der Waals surface area contributed by atoms with Crippen molar-refractivity contribution >= 4 is 0 Å². The first-order valence-electron chi connectivity index (χ1n) is 4.32. The predicted octanol–water partition coefficient (Wildman–Crippen LogP) is 1.97. The van der Waals surface area contributed by atoms with Gasteiger partial charge in [-0.15, -0.1) is 0 Å². The summed E-state index contributed by atoms with van der Waals surface area (Å²) >= 11 is 0. The molecule has 0 aliphatic rings. The zero-order chi connectivity index (χ0) is 10.6. The van der Waals surface area contributed by atoms with Crippen molar-refractivity contribution in [3.05, 3.63) is 29.8 Å². The van der Waals surface area contributed by atoms with E-state index in [1.807, 2.05) is 0 Å². The molecule has 1 aromatic carbocycles. The lowest BCUT2D eigenvalue weighted by molar-refractivity contribution is 0.167. The minimum absolute atomic E-state index is 0.0733. The monoisotopic (exact) mass is 202 g/mol. The van der Waals surface area contributed by atoms with Crippen LogP contribution in [0, 0.1) is 17.6 Å². The van der Waals surface area contributed by atoms with Crippen LogP contribution in [0.3, 0.4) is 0 Å². The highest BCUT2D eigenvalue weighted by Crippen LogP contribution is 2.21. The molecular weight excluding hydrogens is 190 g/mol. The van der Waals surface area contributed by atoms with Gasteiger partial charge in [-0.05, 0) is 12.1 Å². The fraction of sp³-hybridized carbons (Fsp3) is 0.400. The van der Waals surface area contributed by atoms with E-state index in [2.05, 4.69) is 0 Å². The Morgan fingerprint density at radius 3 is 2.43 bits per heavy atom. The molecular formula is C10H12F2O2. The Hall–Kier alpha value is -1.16. The summed E-state index contributed by atoms with van der Waals surface area (Å²) in [5, 5.41) is 8.68. The number of ether oxygens (including phenoxy) is 1. The molecule has 0 saturated heterocycles. The van der Waals surface area contributed by atoms with Gasteiger partial charge in [-0.2, -0.15) is 0 Å². The minimum atomic E-state index is -0.727. The summed E-state index contributed by atoms with van der Waals surface area (Å²) < 4.78 is 30.9. The van der Waals surface area contributed by atoms with Gasteiger partial charge in [0.1, 0.15) is 0 Å². The maximum Gasteiger partial charge on any atom is 0.190 e. The van der Waals surface area contributed by atoms with Crippen LogP contribution in [0.25, 0.3) is 0 Å². The Balaban J connectivity index is 2.66. The Morgan fingerprint density at radius 1 is 1.36 bits per heavy atom. The molecule has 1 unspecified atom stereocenters. The van der Waals surface area contributed by atoms with Crippen molar-refractivity contribution < 1.29 is 18.6 Å². The van der Waals surface area contributed by atoms with Gasteiger partial charge in [0.05, 0.1) is 6.61 Å². The lowest BCUT2D eigenvalue weighted by atomic mass is 10.2. The summed E-state index contributed by atoms with van der Waals surface area (Å²) in [7, 11) is 0. The second kappa shape index (κ2) is 4.91. The maximum absolute atomic E-state index is 13.0. The van der Waals surface area contributed by atoms with E-state index in [0.717, 1.165) is 12.1 Å². The third-order valence-electron chi connectivity index (χ3n) is 1.74. The van der Waals surface area contributed by atoms with Gasteiger partial charge >= 0.3 is 0 Å². The van der Waals surface area contributed by atoms with Crippen LogP contribution in [0.5, 0.6) is 5.75 Å². The second-order valence-corrected chi connectivity index (χ2v) is 3.15. The van der Waals surface area contributed by atoms with Crippen molar-refractivity contribution in [3.63, 3.8) is 0 Å². The summed E-state index contributed by atoms with van der Waals surface area (Å²) in [5.74, 6) is -1.98. The van der Waals surface area contributed by atoms with Crippen LogP contribution < -0.4 is 4.74 Å². The maximum atomic E-state index is 13.0. The standard InChI is InChI=1S/C10H12F2O2/c1-7(5-13)6-14-10-8(11)3-2-4-9(10)12/h2-4,7,13H,5-6H2,1H3. The normalized spacial score (nSPS) is 12.6. The van der Waals surface area contributed by atoms with Gasteiger partial charge in [0, 0.05) is 12.5 Å². The molecule has 0 radical (unpaired) electrons. The molecule has 0 aliphatic heterocycles. The van der Waals surface area contributed by atoms with Crippen LogP contribution >= 0.6 is 0 Å². The smallest absolute Gasteiger partial charge is 0.190 e. The Morgan fingerprint density at radius 2 is 1.93 bits per heavy atom. The number of hydrogen-bond acceptors (Lipinski definition) is 2. The van der Waals surface area contributed by atoms with E-state index in [1.165, 1.54) is 6.07 Å². The Bertz CT molecular complexity index is 282. The highest BCUT2D eigenvalue weighted by molar-refractivity contribution is 5.25. The zero-order valence-corrected chi connectivity index (χ0v) is 7.84. The summed E-state index contributed by atoms with van der Waals surface area (Å²) in [6.07, 6.45) is 0. The molecule has 0 saturated carbocycles. The molecule has 14 heavy (non-hydrogen) atoms. The van der Waals surface area contributed by atoms with Gasteiger partial charge in [0.2, 0.25) is 0 Å². The molecule has 0 spiro atoms. The summed E-state index contributed by atoms with van der Waals surface area (Å²) in [6.45, 7) is 1.74. The first kappa shape index (κ1) is 10.9. The second-order valence-electron chi connectivity index (χ2n) is 3.15. The molecule has 0 bridgehead atoms. The van der Waals surface area contributed by atoms with Crippen LogP contribution in [-0.2, 0) is 0 Å². The molecule has 1 aromatic rings. The lowest BCUT2D eigenvalue weighted by Gasteiger charge is -2.11. The highest BCUT2D eigenvalue weighted by Gasteiger charge is 2.10. The molecule has 0 amide bonds. The fourth-order valence-corrected chi connectivity index (χ4v) is 0.899. The van der Waals surface area contributed by atoms with Crippen molar-refractivity contribution in [2.75, 3.05) is 13.2 Å². The van der Waals surface area contributed by atoms with E-state index in [0.29, 0.717) is 0 Å². The first-order valence-corrected chi connectivity index (χ1v) is 4.32. The van der Waals surface area contributed by atoms with Gasteiger partial charge in [-0.1, -0.05) is 13.0 Å². The quantitative estimate of drug-likeness (QED) is 0.808. The Labute approximate surface area is 81.1 Å². The highest BCUT2D eigenvalue weighted by atomic mass is 19.1. The van der Waals surface area contributed by atoms with E-state index in [1.54, 1.807) is 6.92 Å². The molecule has 78 valence electrons. The molecule has 1 atom stereocenters. The van der Waals surface area contributed by atoms with E-state index >= 15 is 0 Å². The van der Waals surface area contributed by atoms with Gasteiger partial charge in [0.15, 0.2) is 17.4 Å². The summed E-state index contributed by atoms with van der Waals surface area (Å²) in [6, 6.07) is 3.52. The molecule has 4 heteroatoms. The average molecular weight is 202 g/mol. The molecule has 1 rings (SSSR count). The van der Waals surface area contributed by atoms with Crippen molar-refractivity contribution in [1.82, 2.24) is 0 Å². The molecule has 0 fully saturated rings. The summed E-state index contributed by atoms with van der Waals surface area (Å²) in [5.41, 5.74) is 0. The first-order chi connectivity index (χ1) is 6.65. The SMILES string of the molecule is CC(CO)COc1c(F)cccc1F. The van der Waals surface area contributed by atoms with Crippen LogP contribution in [0.4, 0.5) is 8.78 Å². The third kappa shape index (κ3) is 2.67. The zero-order valence-electron chi connectivity index (χ0n) is 7.84. The largest absolute Gasteiger partial charge is 0.487 e. The minimum Gasteiger partial charge on any atom is -0.487 e. The van der Waals surface area contributed by atoms with E-state index in [-0.39, 0.29) is 24.9 Å². The number of rotatable bonds is 4. The van der Waals surface area contributed by atoms with Crippen molar-refractivity contribution in [2.45, 2.75) is 6.92 Å². The number of benzene rings is 1. The van der Waals surface area contributed by atoms with Gasteiger partial charge in [0.25, 0.3) is 0 Å². The van der Waals surface area contributed by atoms with Gasteiger partial charge in [-0.25, -0.2) is 8.78 Å². The lowest BCUT2D eigenvalue weighted by Crippen LogP contribution is -2.13. The van der Waals surface area contributed by atoms with Gasteiger partial charge < -0.3 is 9.84 Å². The number of aliphatic hydroxyl groups is 1. The fourth-order valence-electron chi connectivity index (χ4n) is 0.899. The number of aliphatic hydroxyl groups excluding tert-OH is 1. The predicted molar refractivity (Wildman–Crippen MR) is 48.1 cm³/mol. The van der Waals surface area contributed by atoms with E-state index < -0.39 is 11.6 Å². The van der Waals surface area contributed by atoms with Crippen molar-refractivity contribution in [2.24, 2.45) is 5.92 Å². The van der Waals surface area contributed by atoms with Crippen LogP contribution in [0.1, 0.15) is 6.92 Å². The number of halogens is 2. The van der Waals surface area contributed by atoms with Crippen LogP contribution in [0.2, 0.25) is 0 Å². The Kier molecular flexibility index (Phi) is 3.83. The third-order valence-corrected chi connectivity index (χ3v) is 1.74. The molecule has 2 nitrogen and oxygen atoms in total. The molecule has 0 heterocycles. The molecule has 1 N–H and O–H groups in total. The van der Waals surface area contributed by atoms with Crippen molar-refractivity contribution in [3.8, 4) is 5.75 Å². The van der Waals surface area contributed by atoms with Crippen LogP contribution in [0.15, 0.2) is 18.2 Å². The molecule has 0 aliphatic carbocycles. The van der Waals surface area contributed by atoms with E-state index in [4.69, 9.17) is 9.84 Å². The van der Waals surface area contributed by atoms with Gasteiger partial charge in [-0.3, -0.25) is 0 Å². The number of para-hydroxylation sites is 1. The summed E-state index contributed by atoms with van der Waals surface area (Å²) in [4.78, 5) is 0. The van der Waals surface area contributed by atoms with Crippen LogP contribution in [-0.4, -0.2) is 18.3 Å². The van der Waals surface area contributed by atoms with Crippen molar-refractivity contribution in [1.29, 1.82) is 0 Å². The topological polar surface area (TPSA) is 29.5 Å². The average Bonchev–Trinajstić information content (AvgIpc) is 2.16. The molecule has 0 aromatic heterocycles.